The molecule has 0 aromatic carbocycles. The van der Waals surface area contributed by atoms with Crippen molar-refractivity contribution >= 4 is 17.2 Å². The molecule has 1 atom stereocenters. The van der Waals surface area contributed by atoms with Gasteiger partial charge < -0.3 is 5.32 Å². The summed E-state index contributed by atoms with van der Waals surface area (Å²) in [5, 5.41) is 7.25. The van der Waals surface area contributed by atoms with Crippen molar-refractivity contribution in [2.45, 2.75) is 32.4 Å². The van der Waals surface area contributed by atoms with Gasteiger partial charge in [-0.15, -0.1) is 11.3 Å². The van der Waals surface area contributed by atoms with Gasteiger partial charge in [0.05, 0.1) is 17.7 Å². The van der Waals surface area contributed by atoms with Crippen LogP contribution >= 0.6 is 11.3 Å². The number of hydrogen-bond acceptors (Lipinski definition) is 5. The third-order valence-corrected chi connectivity index (χ3v) is 4.03. The van der Waals surface area contributed by atoms with Crippen molar-refractivity contribution < 1.29 is 4.79 Å². The second-order valence-corrected chi connectivity index (χ2v) is 5.47. The molecule has 1 fully saturated rings. The van der Waals surface area contributed by atoms with Crippen LogP contribution in [0.4, 0.5) is 0 Å². The van der Waals surface area contributed by atoms with Crippen LogP contribution in [0.3, 0.4) is 0 Å². The molecule has 0 saturated heterocycles. The van der Waals surface area contributed by atoms with E-state index in [0.717, 1.165) is 25.2 Å². The van der Waals surface area contributed by atoms with E-state index in [2.05, 4.69) is 20.4 Å². The van der Waals surface area contributed by atoms with Crippen LogP contribution in [0.1, 0.15) is 41.3 Å². The first-order valence-corrected chi connectivity index (χ1v) is 7.24. The highest BCUT2D eigenvalue weighted by atomic mass is 32.1. The molecule has 1 aliphatic carbocycles. The lowest BCUT2D eigenvalue weighted by Crippen LogP contribution is -2.31. The standard InChI is InChI=1S/C12H15N5OS/c1-2-17-11(14-6-15-17)10(8-3-4-8)16-12(18)9-5-13-7-19-9/h5-8,10H,2-4H2,1H3,(H,16,18)/t10-/m1/s1. The summed E-state index contributed by atoms with van der Waals surface area (Å²) in [6, 6.07) is -0.0444. The molecule has 2 heterocycles. The van der Waals surface area contributed by atoms with E-state index < -0.39 is 0 Å². The lowest BCUT2D eigenvalue weighted by molar-refractivity contribution is 0.0932. The van der Waals surface area contributed by atoms with Crippen LogP contribution in [0.5, 0.6) is 0 Å². The van der Waals surface area contributed by atoms with Gasteiger partial charge in [0, 0.05) is 6.54 Å². The molecule has 0 bridgehead atoms. The Labute approximate surface area is 114 Å². The molecule has 1 saturated carbocycles. The maximum absolute atomic E-state index is 12.1. The van der Waals surface area contributed by atoms with Crippen molar-refractivity contribution in [2.24, 2.45) is 5.92 Å². The highest BCUT2D eigenvalue weighted by molar-refractivity contribution is 7.11. The Morgan fingerprint density at radius 2 is 2.47 bits per heavy atom. The van der Waals surface area contributed by atoms with Gasteiger partial charge >= 0.3 is 0 Å². The number of nitrogens with one attached hydrogen (secondary N) is 1. The van der Waals surface area contributed by atoms with Crippen molar-refractivity contribution in [3.8, 4) is 0 Å². The summed E-state index contributed by atoms with van der Waals surface area (Å²) in [4.78, 5) is 21.0. The number of amides is 1. The summed E-state index contributed by atoms with van der Waals surface area (Å²) in [6.45, 7) is 2.78. The second kappa shape index (κ2) is 5.08. The zero-order chi connectivity index (χ0) is 13.2. The van der Waals surface area contributed by atoms with E-state index in [1.165, 1.54) is 11.3 Å². The van der Waals surface area contributed by atoms with Gasteiger partial charge in [0.1, 0.15) is 17.0 Å². The number of hydrogen-bond donors (Lipinski definition) is 1. The second-order valence-electron chi connectivity index (χ2n) is 4.59. The first-order valence-electron chi connectivity index (χ1n) is 6.36. The molecular formula is C12H15N5OS. The van der Waals surface area contributed by atoms with Crippen molar-refractivity contribution in [2.75, 3.05) is 0 Å². The SMILES string of the molecule is CCn1ncnc1[C@H](NC(=O)c1cncs1)C1CC1. The van der Waals surface area contributed by atoms with Gasteiger partial charge in [-0.05, 0) is 25.7 Å². The van der Waals surface area contributed by atoms with E-state index in [0.29, 0.717) is 10.8 Å². The third kappa shape index (κ3) is 2.51. The summed E-state index contributed by atoms with van der Waals surface area (Å²) in [5.74, 6) is 1.25. The van der Waals surface area contributed by atoms with Crippen LogP contribution in [0.2, 0.25) is 0 Å². The smallest absolute Gasteiger partial charge is 0.263 e. The van der Waals surface area contributed by atoms with Gasteiger partial charge in [0.25, 0.3) is 5.91 Å². The normalized spacial score (nSPS) is 16.3. The first kappa shape index (κ1) is 12.3. The number of nitrogens with zero attached hydrogens (tertiary/aromatic N) is 4. The number of carbonyl (C=O) groups excluding carboxylic acids is 1. The lowest BCUT2D eigenvalue weighted by Gasteiger charge is -2.17. The van der Waals surface area contributed by atoms with E-state index in [9.17, 15) is 4.79 Å². The van der Waals surface area contributed by atoms with E-state index in [1.807, 2.05) is 11.6 Å². The summed E-state index contributed by atoms with van der Waals surface area (Å²) in [6.07, 6.45) is 5.40. The Morgan fingerprint density at radius 1 is 1.63 bits per heavy atom. The average Bonchev–Trinajstić information content (AvgIpc) is 2.95. The Bertz CT molecular complexity index is 560. The monoisotopic (exact) mass is 277 g/mol. The van der Waals surface area contributed by atoms with Crippen LogP contribution in [0.15, 0.2) is 18.0 Å². The summed E-state index contributed by atoms with van der Waals surface area (Å²) >= 11 is 1.35. The molecule has 100 valence electrons. The van der Waals surface area contributed by atoms with E-state index in [1.54, 1.807) is 18.0 Å². The van der Waals surface area contributed by atoms with Gasteiger partial charge in [-0.2, -0.15) is 5.10 Å². The highest BCUT2D eigenvalue weighted by Crippen LogP contribution is 2.40. The summed E-state index contributed by atoms with van der Waals surface area (Å²) < 4.78 is 1.84. The predicted octanol–water partition coefficient (Wildman–Crippen LogP) is 1.64. The fourth-order valence-electron chi connectivity index (χ4n) is 2.12. The van der Waals surface area contributed by atoms with Gasteiger partial charge in [-0.3, -0.25) is 9.78 Å². The highest BCUT2D eigenvalue weighted by Gasteiger charge is 2.36. The minimum Gasteiger partial charge on any atom is -0.341 e. The zero-order valence-corrected chi connectivity index (χ0v) is 11.4. The minimum absolute atomic E-state index is 0.0444. The fourth-order valence-corrected chi connectivity index (χ4v) is 2.64. The van der Waals surface area contributed by atoms with Crippen LogP contribution in [-0.4, -0.2) is 25.7 Å². The Kier molecular flexibility index (Phi) is 3.29. The van der Waals surface area contributed by atoms with Crippen molar-refractivity contribution in [3.63, 3.8) is 0 Å². The average molecular weight is 277 g/mol. The molecule has 2 aromatic heterocycles. The molecule has 1 N–H and O–H groups in total. The quantitative estimate of drug-likeness (QED) is 0.901. The number of aromatic nitrogens is 4. The molecule has 0 spiro atoms. The molecule has 0 aliphatic heterocycles. The Morgan fingerprint density at radius 3 is 3.11 bits per heavy atom. The number of carbonyl (C=O) groups is 1. The third-order valence-electron chi connectivity index (χ3n) is 3.26. The lowest BCUT2D eigenvalue weighted by atomic mass is 10.1. The van der Waals surface area contributed by atoms with Crippen LogP contribution < -0.4 is 5.32 Å². The molecular weight excluding hydrogens is 262 g/mol. The van der Waals surface area contributed by atoms with Crippen molar-refractivity contribution in [3.05, 3.63) is 28.7 Å². The zero-order valence-electron chi connectivity index (χ0n) is 10.6. The molecule has 0 radical (unpaired) electrons. The number of thiazole rings is 1. The Hall–Kier alpha value is -1.76. The molecule has 2 aromatic rings. The number of rotatable bonds is 5. The minimum atomic E-state index is -0.0787. The van der Waals surface area contributed by atoms with Crippen molar-refractivity contribution in [1.82, 2.24) is 25.1 Å². The van der Waals surface area contributed by atoms with Crippen LogP contribution in [0, 0.1) is 5.92 Å². The molecule has 3 rings (SSSR count). The van der Waals surface area contributed by atoms with Gasteiger partial charge in [0.15, 0.2) is 0 Å². The maximum Gasteiger partial charge on any atom is 0.263 e. The fraction of sp³-hybridized carbons (Fsp3) is 0.500. The maximum atomic E-state index is 12.1. The Balaban J connectivity index is 1.80. The largest absolute Gasteiger partial charge is 0.341 e. The number of aryl methyl sites for hydroxylation is 1. The molecule has 1 aliphatic rings. The summed E-state index contributed by atoms with van der Waals surface area (Å²) in [5.41, 5.74) is 1.66. The molecule has 6 nitrogen and oxygen atoms in total. The van der Waals surface area contributed by atoms with Gasteiger partial charge in [-0.1, -0.05) is 0 Å². The van der Waals surface area contributed by atoms with Crippen molar-refractivity contribution in [1.29, 1.82) is 0 Å². The van der Waals surface area contributed by atoms with E-state index in [4.69, 9.17) is 0 Å². The first-order chi connectivity index (χ1) is 9.29. The molecule has 0 unspecified atom stereocenters. The van der Waals surface area contributed by atoms with Crippen LogP contribution in [0.25, 0.3) is 0 Å². The predicted molar refractivity (Wildman–Crippen MR) is 70.7 cm³/mol. The van der Waals surface area contributed by atoms with Gasteiger partial charge in [-0.25, -0.2) is 9.67 Å². The topological polar surface area (TPSA) is 72.7 Å². The van der Waals surface area contributed by atoms with E-state index >= 15 is 0 Å². The molecule has 7 heteroatoms. The molecule has 1 amide bonds. The van der Waals surface area contributed by atoms with E-state index in [-0.39, 0.29) is 11.9 Å². The van der Waals surface area contributed by atoms with Gasteiger partial charge in [0.2, 0.25) is 0 Å². The molecule has 19 heavy (non-hydrogen) atoms. The van der Waals surface area contributed by atoms with Crippen LogP contribution in [-0.2, 0) is 6.54 Å². The summed E-state index contributed by atoms with van der Waals surface area (Å²) in [7, 11) is 0.